The Kier molecular flexibility index (Phi) is 5.05. The predicted octanol–water partition coefficient (Wildman–Crippen LogP) is 0.479. The van der Waals surface area contributed by atoms with Crippen LogP contribution in [0.1, 0.15) is 19.8 Å². The zero-order valence-electron chi connectivity index (χ0n) is 9.95. The number of nitrogens with one attached hydrogen (secondary N) is 1. The van der Waals surface area contributed by atoms with E-state index in [1.54, 1.807) is 7.11 Å². The normalized spacial score (nSPS) is 26.7. The van der Waals surface area contributed by atoms with Crippen molar-refractivity contribution in [2.75, 3.05) is 33.9 Å². The minimum absolute atomic E-state index is 0.116. The third-order valence-electron chi connectivity index (χ3n) is 3.25. The number of nitrogens with zero attached hydrogens (tertiary/aromatic N) is 1. The molecule has 1 N–H and O–H groups in total. The van der Waals surface area contributed by atoms with E-state index < -0.39 is 0 Å². The molecule has 1 amide bonds. The highest BCUT2D eigenvalue weighted by molar-refractivity contribution is 5.77. The molecule has 0 aromatic heterocycles. The Morgan fingerprint density at radius 1 is 1.60 bits per heavy atom. The van der Waals surface area contributed by atoms with Crippen LogP contribution in [-0.2, 0) is 9.53 Å². The van der Waals surface area contributed by atoms with Crippen molar-refractivity contribution in [2.45, 2.75) is 25.8 Å². The summed E-state index contributed by atoms with van der Waals surface area (Å²) in [6.45, 7) is 4.11. The smallest absolute Gasteiger partial charge is 0.248 e. The molecule has 0 radical (unpaired) electrons. The monoisotopic (exact) mass is 214 g/mol. The van der Waals surface area contributed by atoms with E-state index in [1.807, 2.05) is 11.9 Å². The minimum atomic E-state index is 0.116. The molecule has 15 heavy (non-hydrogen) atoms. The summed E-state index contributed by atoms with van der Waals surface area (Å²) in [6, 6.07) is 0.557. The van der Waals surface area contributed by atoms with E-state index in [1.165, 1.54) is 0 Å². The highest BCUT2D eigenvalue weighted by atomic mass is 16.5. The first-order chi connectivity index (χ1) is 7.22. The van der Waals surface area contributed by atoms with Crippen molar-refractivity contribution in [3.8, 4) is 0 Å². The van der Waals surface area contributed by atoms with Crippen LogP contribution in [0.4, 0.5) is 0 Å². The van der Waals surface area contributed by atoms with Crippen molar-refractivity contribution in [2.24, 2.45) is 5.92 Å². The first-order valence-electron chi connectivity index (χ1n) is 5.66. The zero-order valence-corrected chi connectivity index (χ0v) is 9.95. The molecule has 1 aliphatic rings. The fourth-order valence-electron chi connectivity index (χ4n) is 2.27. The van der Waals surface area contributed by atoms with Crippen molar-refractivity contribution >= 4 is 5.91 Å². The number of ether oxygens (including phenoxy) is 1. The second kappa shape index (κ2) is 6.08. The van der Waals surface area contributed by atoms with E-state index in [9.17, 15) is 4.79 Å². The van der Waals surface area contributed by atoms with Gasteiger partial charge in [0.2, 0.25) is 5.91 Å². The maximum Gasteiger partial charge on any atom is 0.248 e. The number of methoxy groups -OCH3 is 1. The van der Waals surface area contributed by atoms with E-state index >= 15 is 0 Å². The number of hydrogen-bond donors (Lipinski definition) is 1. The molecule has 1 rings (SSSR count). The molecule has 2 atom stereocenters. The molecule has 4 nitrogen and oxygen atoms in total. The predicted molar refractivity (Wildman–Crippen MR) is 59.7 cm³/mol. The van der Waals surface area contributed by atoms with Gasteiger partial charge in [0.25, 0.3) is 0 Å². The van der Waals surface area contributed by atoms with Gasteiger partial charge in [0.1, 0.15) is 6.61 Å². The molecule has 4 heteroatoms. The van der Waals surface area contributed by atoms with Gasteiger partial charge >= 0.3 is 0 Å². The molecule has 1 saturated heterocycles. The Hall–Kier alpha value is -0.610. The lowest BCUT2D eigenvalue weighted by Crippen LogP contribution is -2.50. The van der Waals surface area contributed by atoms with E-state index in [0.29, 0.717) is 12.0 Å². The molecule has 0 aliphatic carbocycles. The van der Waals surface area contributed by atoms with Gasteiger partial charge in [-0.05, 0) is 19.4 Å². The summed E-state index contributed by atoms with van der Waals surface area (Å²) in [4.78, 5) is 13.6. The number of amides is 1. The Balaban J connectivity index is 2.48. The van der Waals surface area contributed by atoms with Gasteiger partial charge in [0, 0.05) is 26.2 Å². The SMILES string of the molecule is CCC1CN(C(=O)COC)CCC1NC. The van der Waals surface area contributed by atoms with Crippen LogP contribution in [0, 0.1) is 5.92 Å². The zero-order chi connectivity index (χ0) is 11.3. The summed E-state index contributed by atoms with van der Waals surface area (Å²) in [5.41, 5.74) is 0. The third-order valence-corrected chi connectivity index (χ3v) is 3.25. The fraction of sp³-hybridized carbons (Fsp3) is 0.909. The summed E-state index contributed by atoms with van der Waals surface area (Å²) in [7, 11) is 3.56. The van der Waals surface area contributed by atoms with Crippen LogP contribution >= 0.6 is 0 Å². The highest BCUT2D eigenvalue weighted by Gasteiger charge is 2.28. The van der Waals surface area contributed by atoms with Gasteiger partial charge in [0.05, 0.1) is 0 Å². The quantitative estimate of drug-likeness (QED) is 0.740. The van der Waals surface area contributed by atoms with Crippen LogP contribution in [0.5, 0.6) is 0 Å². The summed E-state index contributed by atoms with van der Waals surface area (Å²) in [6.07, 6.45) is 2.16. The maximum absolute atomic E-state index is 11.6. The van der Waals surface area contributed by atoms with Crippen LogP contribution in [-0.4, -0.2) is 50.7 Å². The van der Waals surface area contributed by atoms with Gasteiger partial charge in [-0.25, -0.2) is 0 Å². The molecule has 0 aromatic rings. The molecule has 0 saturated carbocycles. The summed E-state index contributed by atoms with van der Waals surface area (Å²) in [5, 5.41) is 3.33. The number of rotatable bonds is 4. The van der Waals surface area contributed by atoms with E-state index in [2.05, 4.69) is 12.2 Å². The van der Waals surface area contributed by atoms with E-state index in [4.69, 9.17) is 4.74 Å². The molecule has 0 aromatic carbocycles. The van der Waals surface area contributed by atoms with Crippen LogP contribution in [0.25, 0.3) is 0 Å². The number of carbonyl (C=O) groups excluding carboxylic acids is 1. The largest absolute Gasteiger partial charge is 0.375 e. The van der Waals surface area contributed by atoms with Crippen molar-refractivity contribution in [3.63, 3.8) is 0 Å². The Morgan fingerprint density at radius 3 is 2.87 bits per heavy atom. The minimum Gasteiger partial charge on any atom is -0.375 e. The summed E-state index contributed by atoms with van der Waals surface area (Å²) in [5.74, 6) is 0.690. The van der Waals surface area contributed by atoms with Crippen molar-refractivity contribution in [1.82, 2.24) is 10.2 Å². The molecule has 1 aliphatic heterocycles. The highest BCUT2D eigenvalue weighted by Crippen LogP contribution is 2.19. The average molecular weight is 214 g/mol. The Morgan fingerprint density at radius 2 is 2.33 bits per heavy atom. The van der Waals surface area contributed by atoms with Crippen molar-refractivity contribution in [1.29, 1.82) is 0 Å². The van der Waals surface area contributed by atoms with E-state index in [0.717, 1.165) is 25.9 Å². The van der Waals surface area contributed by atoms with Gasteiger partial charge in [-0.2, -0.15) is 0 Å². The van der Waals surface area contributed by atoms with Crippen LogP contribution in [0.15, 0.2) is 0 Å². The standard InChI is InChI=1S/C11H22N2O2/c1-4-9-7-13(11(14)8-15-3)6-5-10(9)12-2/h9-10,12H,4-8H2,1-3H3. The Bertz CT molecular complexity index is 209. The van der Waals surface area contributed by atoms with Crippen LogP contribution < -0.4 is 5.32 Å². The molecule has 88 valence electrons. The summed E-state index contributed by atoms with van der Waals surface area (Å²) >= 11 is 0. The summed E-state index contributed by atoms with van der Waals surface area (Å²) < 4.78 is 4.87. The molecular formula is C11H22N2O2. The number of carbonyl (C=O) groups is 1. The Labute approximate surface area is 92.0 Å². The lowest BCUT2D eigenvalue weighted by Gasteiger charge is -2.38. The van der Waals surface area contributed by atoms with Crippen molar-refractivity contribution in [3.05, 3.63) is 0 Å². The number of piperidine rings is 1. The lowest BCUT2D eigenvalue weighted by atomic mass is 9.90. The third kappa shape index (κ3) is 3.18. The second-order valence-electron chi connectivity index (χ2n) is 4.12. The fourth-order valence-corrected chi connectivity index (χ4v) is 2.27. The molecular weight excluding hydrogens is 192 g/mol. The number of likely N-dealkylation sites (tertiary alicyclic amines) is 1. The second-order valence-corrected chi connectivity index (χ2v) is 4.12. The van der Waals surface area contributed by atoms with Gasteiger partial charge in [-0.1, -0.05) is 13.3 Å². The molecule has 0 spiro atoms. The molecule has 1 fully saturated rings. The maximum atomic E-state index is 11.6. The first-order valence-corrected chi connectivity index (χ1v) is 5.66. The van der Waals surface area contributed by atoms with Gasteiger partial charge in [-0.3, -0.25) is 4.79 Å². The van der Waals surface area contributed by atoms with E-state index in [-0.39, 0.29) is 12.5 Å². The molecule has 2 unspecified atom stereocenters. The molecule has 1 heterocycles. The first kappa shape index (κ1) is 12.5. The number of hydrogen-bond acceptors (Lipinski definition) is 3. The van der Waals surface area contributed by atoms with Gasteiger partial charge in [-0.15, -0.1) is 0 Å². The van der Waals surface area contributed by atoms with Gasteiger partial charge < -0.3 is 15.0 Å². The van der Waals surface area contributed by atoms with Crippen molar-refractivity contribution < 1.29 is 9.53 Å². The van der Waals surface area contributed by atoms with Crippen LogP contribution in [0.3, 0.4) is 0 Å². The molecule has 0 bridgehead atoms. The van der Waals surface area contributed by atoms with Gasteiger partial charge in [0.15, 0.2) is 0 Å². The lowest BCUT2D eigenvalue weighted by molar-refractivity contribution is -0.137. The van der Waals surface area contributed by atoms with Crippen LogP contribution in [0.2, 0.25) is 0 Å². The average Bonchev–Trinajstić information content (AvgIpc) is 2.28. The topological polar surface area (TPSA) is 41.6 Å².